The van der Waals surface area contributed by atoms with Crippen LogP contribution >= 0.6 is 22.9 Å². The molecule has 94 valence electrons. The fourth-order valence-corrected chi connectivity index (χ4v) is 3.08. The van der Waals surface area contributed by atoms with Crippen molar-refractivity contribution in [2.24, 2.45) is 0 Å². The summed E-state index contributed by atoms with van der Waals surface area (Å²) < 4.78 is 2.79. The molecule has 18 heavy (non-hydrogen) atoms. The van der Waals surface area contributed by atoms with Crippen LogP contribution in [-0.4, -0.2) is 33.3 Å². The molecule has 3 heterocycles. The van der Waals surface area contributed by atoms with Gasteiger partial charge in [-0.3, -0.25) is 9.69 Å². The van der Waals surface area contributed by atoms with Gasteiger partial charge >= 0.3 is 0 Å². The Morgan fingerprint density at radius 1 is 1.44 bits per heavy atom. The summed E-state index contributed by atoms with van der Waals surface area (Å²) in [4.78, 5) is 19.2. The molecule has 1 aliphatic heterocycles. The third-order valence-electron chi connectivity index (χ3n) is 3.04. The summed E-state index contributed by atoms with van der Waals surface area (Å²) in [6.07, 6.45) is 3.78. The van der Waals surface area contributed by atoms with Crippen molar-refractivity contribution in [3.8, 4) is 0 Å². The lowest BCUT2D eigenvalue weighted by Gasteiger charge is -2.26. The van der Waals surface area contributed by atoms with E-state index in [9.17, 15) is 4.79 Å². The van der Waals surface area contributed by atoms with Crippen molar-refractivity contribution >= 4 is 28.7 Å². The lowest BCUT2D eigenvalue weighted by Crippen LogP contribution is -2.37. The lowest BCUT2D eigenvalue weighted by molar-refractivity contribution is 0.0912. The molecule has 1 aliphatic rings. The first kappa shape index (κ1) is 11.9. The van der Waals surface area contributed by atoms with Crippen molar-refractivity contribution < 1.29 is 4.79 Å². The molecule has 0 aromatic carbocycles. The maximum atomic E-state index is 12.1. The smallest absolute Gasteiger partial charge is 0.186 e. The van der Waals surface area contributed by atoms with Crippen LogP contribution in [0.2, 0.25) is 4.34 Å². The van der Waals surface area contributed by atoms with Crippen molar-refractivity contribution in [1.82, 2.24) is 14.5 Å². The first-order valence-electron chi connectivity index (χ1n) is 5.73. The minimum Gasteiger partial charge on any atom is -0.333 e. The van der Waals surface area contributed by atoms with Gasteiger partial charge in [-0.25, -0.2) is 4.98 Å². The fourth-order valence-electron chi connectivity index (χ4n) is 2.10. The summed E-state index contributed by atoms with van der Waals surface area (Å²) in [5.41, 5.74) is 0. The molecule has 0 bridgehead atoms. The minimum atomic E-state index is 0.131. The SMILES string of the molecule is O=C(CN1CCn2ccnc2C1)c1ccc(Cl)s1. The van der Waals surface area contributed by atoms with Gasteiger partial charge in [-0.05, 0) is 12.1 Å². The number of aromatic nitrogens is 2. The van der Waals surface area contributed by atoms with E-state index in [4.69, 9.17) is 11.6 Å². The van der Waals surface area contributed by atoms with Gasteiger partial charge in [-0.15, -0.1) is 11.3 Å². The summed E-state index contributed by atoms with van der Waals surface area (Å²) in [7, 11) is 0. The Balaban J connectivity index is 1.66. The van der Waals surface area contributed by atoms with E-state index in [1.165, 1.54) is 11.3 Å². The van der Waals surface area contributed by atoms with E-state index in [1.54, 1.807) is 18.3 Å². The second-order valence-corrected chi connectivity index (χ2v) is 5.99. The van der Waals surface area contributed by atoms with E-state index in [2.05, 4.69) is 14.5 Å². The van der Waals surface area contributed by atoms with E-state index >= 15 is 0 Å². The Labute approximate surface area is 114 Å². The zero-order valence-electron chi connectivity index (χ0n) is 9.67. The Morgan fingerprint density at radius 2 is 2.33 bits per heavy atom. The molecule has 0 unspecified atom stereocenters. The number of ketones is 1. The Kier molecular flexibility index (Phi) is 3.20. The van der Waals surface area contributed by atoms with E-state index < -0.39 is 0 Å². The van der Waals surface area contributed by atoms with Crippen molar-refractivity contribution in [1.29, 1.82) is 0 Å². The average Bonchev–Trinajstić information content (AvgIpc) is 2.96. The van der Waals surface area contributed by atoms with Gasteiger partial charge in [-0.1, -0.05) is 11.6 Å². The normalized spacial score (nSPS) is 15.6. The first-order valence-corrected chi connectivity index (χ1v) is 6.93. The number of nitrogens with zero attached hydrogens (tertiary/aromatic N) is 3. The predicted octanol–water partition coefficient (Wildman–Crippen LogP) is 2.30. The van der Waals surface area contributed by atoms with Gasteiger partial charge in [0.2, 0.25) is 0 Å². The van der Waals surface area contributed by atoms with E-state index in [0.717, 1.165) is 30.3 Å². The summed E-state index contributed by atoms with van der Waals surface area (Å²) in [6, 6.07) is 3.56. The highest BCUT2D eigenvalue weighted by atomic mass is 35.5. The second kappa shape index (κ2) is 4.84. The molecule has 0 N–H and O–H groups in total. The van der Waals surface area contributed by atoms with Gasteiger partial charge in [0.15, 0.2) is 5.78 Å². The van der Waals surface area contributed by atoms with Crippen LogP contribution < -0.4 is 0 Å². The number of hydrogen-bond donors (Lipinski definition) is 0. The molecule has 2 aromatic heterocycles. The quantitative estimate of drug-likeness (QED) is 0.810. The summed E-state index contributed by atoms with van der Waals surface area (Å²) >= 11 is 7.18. The van der Waals surface area contributed by atoms with Gasteiger partial charge in [0.1, 0.15) is 5.82 Å². The number of rotatable bonds is 3. The van der Waals surface area contributed by atoms with Crippen LogP contribution in [-0.2, 0) is 13.1 Å². The molecule has 0 saturated carbocycles. The molecule has 0 amide bonds. The largest absolute Gasteiger partial charge is 0.333 e. The van der Waals surface area contributed by atoms with Crippen LogP contribution in [0.5, 0.6) is 0 Å². The van der Waals surface area contributed by atoms with Crippen molar-refractivity contribution in [2.45, 2.75) is 13.1 Å². The van der Waals surface area contributed by atoms with Crippen molar-refractivity contribution in [2.75, 3.05) is 13.1 Å². The number of imidazole rings is 1. The second-order valence-electron chi connectivity index (χ2n) is 4.27. The van der Waals surface area contributed by atoms with Crippen LogP contribution in [0.1, 0.15) is 15.5 Å². The van der Waals surface area contributed by atoms with Crippen LogP contribution in [0.4, 0.5) is 0 Å². The van der Waals surface area contributed by atoms with E-state index in [1.807, 2.05) is 6.20 Å². The number of fused-ring (bicyclic) bond motifs is 1. The number of Topliss-reactive ketones (excluding diaryl/α,β-unsaturated/α-hetero) is 1. The summed E-state index contributed by atoms with van der Waals surface area (Å²) in [5.74, 6) is 1.16. The molecular weight excluding hydrogens is 270 g/mol. The van der Waals surface area contributed by atoms with Gasteiger partial charge in [0.25, 0.3) is 0 Å². The summed E-state index contributed by atoms with van der Waals surface area (Å²) in [5, 5.41) is 0. The fraction of sp³-hybridized carbons (Fsp3) is 0.333. The van der Waals surface area contributed by atoms with Crippen molar-refractivity contribution in [3.63, 3.8) is 0 Å². The van der Waals surface area contributed by atoms with Gasteiger partial charge in [0, 0.05) is 25.5 Å². The number of carbonyl (C=O) groups excluding carboxylic acids is 1. The molecule has 0 saturated heterocycles. The first-order chi connectivity index (χ1) is 8.72. The van der Waals surface area contributed by atoms with Crippen molar-refractivity contribution in [3.05, 3.63) is 39.6 Å². The molecule has 0 atom stereocenters. The summed E-state index contributed by atoms with van der Waals surface area (Å²) in [6.45, 7) is 2.95. The molecule has 0 fully saturated rings. The highest BCUT2D eigenvalue weighted by Crippen LogP contribution is 2.22. The maximum Gasteiger partial charge on any atom is 0.186 e. The lowest BCUT2D eigenvalue weighted by atomic mass is 10.2. The highest BCUT2D eigenvalue weighted by Gasteiger charge is 2.20. The molecular formula is C12H12ClN3OS. The predicted molar refractivity (Wildman–Crippen MR) is 71.2 cm³/mol. The van der Waals surface area contributed by atoms with Gasteiger partial charge < -0.3 is 4.57 Å². The van der Waals surface area contributed by atoms with Crippen LogP contribution in [0.25, 0.3) is 0 Å². The number of hydrogen-bond acceptors (Lipinski definition) is 4. The van der Waals surface area contributed by atoms with Gasteiger partial charge in [-0.2, -0.15) is 0 Å². The Bertz CT molecular complexity index is 577. The molecule has 4 nitrogen and oxygen atoms in total. The Morgan fingerprint density at radius 3 is 3.11 bits per heavy atom. The molecule has 2 aromatic rings. The number of carbonyl (C=O) groups is 1. The zero-order valence-corrected chi connectivity index (χ0v) is 11.2. The van der Waals surface area contributed by atoms with Crippen LogP contribution in [0, 0.1) is 0 Å². The average molecular weight is 282 g/mol. The zero-order chi connectivity index (χ0) is 12.5. The third kappa shape index (κ3) is 2.34. The van der Waals surface area contributed by atoms with E-state index in [0.29, 0.717) is 10.9 Å². The molecule has 0 radical (unpaired) electrons. The van der Waals surface area contributed by atoms with Crippen LogP contribution in [0.15, 0.2) is 24.5 Å². The highest BCUT2D eigenvalue weighted by molar-refractivity contribution is 7.18. The molecule has 6 heteroatoms. The van der Waals surface area contributed by atoms with Gasteiger partial charge in [0.05, 0.1) is 22.3 Å². The Hall–Kier alpha value is -1.17. The number of halogens is 1. The molecule has 0 spiro atoms. The molecule has 0 aliphatic carbocycles. The van der Waals surface area contributed by atoms with Crippen LogP contribution in [0.3, 0.4) is 0 Å². The standard InChI is InChI=1S/C12H12ClN3OS/c13-11-2-1-10(18-11)9(17)7-15-5-6-16-4-3-14-12(16)8-15/h1-4H,5-8H2. The topological polar surface area (TPSA) is 38.1 Å². The monoisotopic (exact) mass is 281 g/mol. The third-order valence-corrected chi connectivity index (χ3v) is 4.31. The van der Waals surface area contributed by atoms with E-state index in [-0.39, 0.29) is 5.78 Å². The molecule has 3 rings (SSSR count). The minimum absolute atomic E-state index is 0.131. The maximum absolute atomic E-state index is 12.1. The number of thiophene rings is 1.